The van der Waals surface area contributed by atoms with Crippen LogP contribution in [0.1, 0.15) is 32.3 Å². The number of nitrogens with one attached hydrogen (secondary N) is 1. The number of carbonyl (C=O) groups is 1. The third kappa shape index (κ3) is 5.22. The lowest BCUT2D eigenvalue weighted by Crippen LogP contribution is -2.35. The van der Waals surface area contributed by atoms with Crippen molar-refractivity contribution in [3.63, 3.8) is 0 Å². The second kappa shape index (κ2) is 10.2. The molecule has 1 N–H and O–H groups in total. The molecule has 0 fully saturated rings. The average Bonchev–Trinajstić information content (AvgIpc) is 2.75. The molecule has 3 rings (SSSR count). The molecule has 0 saturated heterocycles. The number of aromatic nitrogens is 2. The number of hydrogen-bond acceptors (Lipinski definition) is 5. The standard InChI is InChI=1S/C23H26ClN3O3S/c1-5-16(6-2)25-21(28)13-31-23-26-18-12-15(24)8-9-17(18)22(29)27(23)19-11-14(3)7-10-20(19)30-4/h7-12,16H,5-6,13H2,1-4H3,(H,25,28). The van der Waals surface area contributed by atoms with Gasteiger partial charge in [-0.25, -0.2) is 4.98 Å². The summed E-state index contributed by atoms with van der Waals surface area (Å²) in [4.78, 5) is 30.6. The predicted molar refractivity (Wildman–Crippen MR) is 127 cm³/mol. The fourth-order valence-corrected chi connectivity index (χ4v) is 4.30. The molecule has 2 aromatic carbocycles. The lowest BCUT2D eigenvalue weighted by molar-refractivity contribution is -0.119. The fraction of sp³-hybridized carbons (Fsp3) is 0.348. The summed E-state index contributed by atoms with van der Waals surface area (Å²) in [5.41, 5.74) is 1.80. The zero-order valence-corrected chi connectivity index (χ0v) is 19.6. The molecule has 31 heavy (non-hydrogen) atoms. The normalized spacial score (nSPS) is 11.2. The van der Waals surface area contributed by atoms with E-state index in [1.807, 2.05) is 39.0 Å². The van der Waals surface area contributed by atoms with Crippen LogP contribution in [-0.2, 0) is 4.79 Å². The van der Waals surface area contributed by atoms with Gasteiger partial charge >= 0.3 is 0 Å². The van der Waals surface area contributed by atoms with Crippen molar-refractivity contribution < 1.29 is 9.53 Å². The Balaban J connectivity index is 2.11. The minimum Gasteiger partial charge on any atom is -0.495 e. The zero-order chi connectivity index (χ0) is 22.5. The van der Waals surface area contributed by atoms with Gasteiger partial charge in [0.05, 0.1) is 29.5 Å². The number of nitrogens with zero attached hydrogens (tertiary/aromatic N) is 2. The van der Waals surface area contributed by atoms with Crippen molar-refractivity contribution in [1.82, 2.24) is 14.9 Å². The molecular weight excluding hydrogens is 434 g/mol. The van der Waals surface area contributed by atoms with Crippen molar-refractivity contribution in [3.8, 4) is 11.4 Å². The first kappa shape index (κ1) is 23.2. The van der Waals surface area contributed by atoms with E-state index in [9.17, 15) is 9.59 Å². The first-order valence-electron chi connectivity index (χ1n) is 10.2. The molecule has 0 aliphatic heterocycles. The molecule has 0 aliphatic carbocycles. The van der Waals surface area contributed by atoms with Crippen molar-refractivity contribution in [2.75, 3.05) is 12.9 Å². The van der Waals surface area contributed by atoms with Crippen LogP contribution in [-0.4, -0.2) is 34.4 Å². The summed E-state index contributed by atoms with van der Waals surface area (Å²) in [6.07, 6.45) is 1.73. The van der Waals surface area contributed by atoms with Gasteiger partial charge in [-0.15, -0.1) is 0 Å². The summed E-state index contributed by atoms with van der Waals surface area (Å²) in [7, 11) is 1.56. The lowest BCUT2D eigenvalue weighted by atomic mass is 10.2. The second-order valence-electron chi connectivity index (χ2n) is 7.24. The Labute approximate surface area is 191 Å². The van der Waals surface area contributed by atoms with Crippen molar-refractivity contribution in [2.45, 2.75) is 44.8 Å². The summed E-state index contributed by atoms with van der Waals surface area (Å²) in [5, 5.41) is 4.36. The molecular formula is C23H26ClN3O3S. The van der Waals surface area contributed by atoms with E-state index in [4.69, 9.17) is 16.3 Å². The number of benzene rings is 2. The van der Waals surface area contributed by atoms with Crippen LogP contribution in [0.15, 0.2) is 46.3 Å². The minimum atomic E-state index is -0.242. The first-order chi connectivity index (χ1) is 14.9. The van der Waals surface area contributed by atoms with E-state index >= 15 is 0 Å². The Hall–Kier alpha value is -2.51. The molecule has 0 unspecified atom stereocenters. The van der Waals surface area contributed by atoms with Gasteiger partial charge in [0.25, 0.3) is 5.56 Å². The number of ether oxygens (including phenoxy) is 1. The molecule has 3 aromatic rings. The first-order valence-corrected chi connectivity index (χ1v) is 11.5. The van der Waals surface area contributed by atoms with E-state index in [1.165, 1.54) is 16.3 Å². The van der Waals surface area contributed by atoms with Gasteiger partial charge in [-0.05, 0) is 55.7 Å². The van der Waals surface area contributed by atoms with Gasteiger partial charge < -0.3 is 10.1 Å². The predicted octanol–water partition coefficient (Wildman–Crippen LogP) is 4.75. The quantitative estimate of drug-likeness (QED) is 0.388. The molecule has 0 bridgehead atoms. The highest BCUT2D eigenvalue weighted by molar-refractivity contribution is 7.99. The number of methoxy groups -OCH3 is 1. The molecule has 6 nitrogen and oxygen atoms in total. The van der Waals surface area contributed by atoms with Crippen LogP contribution in [0.25, 0.3) is 16.6 Å². The maximum absolute atomic E-state index is 13.5. The summed E-state index contributed by atoms with van der Waals surface area (Å²) in [5.74, 6) is 0.594. The average molecular weight is 460 g/mol. The number of fused-ring (bicyclic) bond motifs is 1. The topological polar surface area (TPSA) is 73.2 Å². The Morgan fingerprint density at radius 3 is 2.65 bits per heavy atom. The van der Waals surface area contributed by atoms with Crippen LogP contribution in [0.2, 0.25) is 5.02 Å². The van der Waals surface area contributed by atoms with Crippen LogP contribution in [0, 0.1) is 6.92 Å². The molecule has 0 radical (unpaired) electrons. The summed E-state index contributed by atoms with van der Waals surface area (Å²) in [6.45, 7) is 6.02. The Kier molecular flexibility index (Phi) is 7.62. The number of hydrogen-bond donors (Lipinski definition) is 1. The van der Waals surface area contributed by atoms with Gasteiger partial charge in [0.1, 0.15) is 5.75 Å². The number of halogens is 1. The van der Waals surface area contributed by atoms with Crippen LogP contribution < -0.4 is 15.6 Å². The van der Waals surface area contributed by atoms with E-state index in [1.54, 1.807) is 25.3 Å². The van der Waals surface area contributed by atoms with Crippen molar-refractivity contribution in [1.29, 1.82) is 0 Å². The van der Waals surface area contributed by atoms with E-state index in [0.717, 1.165) is 18.4 Å². The van der Waals surface area contributed by atoms with Gasteiger partial charge in [-0.3, -0.25) is 14.2 Å². The highest BCUT2D eigenvalue weighted by Gasteiger charge is 2.18. The van der Waals surface area contributed by atoms with Crippen LogP contribution >= 0.6 is 23.4 Å². The summed E-state index contributed by atoms with van der Waals surface area (Å²) >= 11 is 7.34. The third-order valence-corrected chi connectivity index (χ3v) is 6.23. The molecule has 1 aromatic heterocycles. The maximum atomic E-state index is 13.5. The second-order valence-corrected chi connectivity index (χ2v) is 8.62. The Morgan fingerprint density at radius 1 is 1.23 bits per heavy atom. The smallest absolute Gasteiger partial charge is 0.266 e. The maximum Gasteiger partial charge on any atom is 0.266 e. The van der Waals surface area contributed by atoms with Crippen molar-refractivity contribution in [2.24, 2.45) is 0 Å². The van der Waals surface area contributed by atoms with Crippen LogP contribution in [0.3, 0.4) is 0 Å². The van der Waals surface area contributed by atoms with E-state index in [0.29, 0.717) is 32.5 Å². The summed E-state index contributed by atoms with van der Waals surface area (Å²) < 4.78 is 7.02. The number of aryl methyl sites for hydroxylation is 1. The monoisotopic (exact) mass is 459 g/mol. The fourth-order valence-electron chi connectivity index (χ4n) is 3.31. The van der Waals surface area contributed by atoms with E-state index in [2.05, 4.69) is 10.3 Å². The Bertz CT molecular complexity index is 1160. The minimum absolute atomic E-state index is 0.0955. The van der Waals surface area contributed by atoms with Crippen molar-refractivity contribution >= 4 is 40.2 Å². The molecule has 0 saturated carbocycles. The zero-order valence-electron chi connectivity index (χ0n) is 18.1. The van der Waals surface area contributed by atoms with Crippen LogP contribution in [0.5, 0.6) is 5.75 Å². The molecule has 164 valence electrons. The molecule has 1 heterocycles. The van der Waals surface area contributed by atoms with Gasteiger partial charge in [-0.2, -0.15) is 0 Å². The highest BCUT2D eigenvalue weighted by Crippen LogP contribution is 2.28. The van der Waals surface area contributed by atoms with Gasteiger partial charge in [0.2, 0.25) is 5.91 Å². The number of carbonyl (C=O) groups excluding carboxylic acids is 1. The molecule has 1 amide bonds. The van der Waals surface area contributed by atoms with Gasteiger partial charge in [0, 0.05) is 11.1 Å². The molecule has 0 spiro atoms. The molecule has 8 heteroatoms. The lowest BCUT2D eigenvalue weighted by Gasteiger charge is -2.17. The molecule has 0 aliphatic rings. The van der Waals surface area contributed by atoms with E-state index < -0.39 is 0 Å². The van der Waals surface area contributed by atoms with Crippen LogP contribution in [0.4, 0.5) is 0 Å². The van der Waals surface area contributed by atoms with Gasteiger partial charge in [0.15, 0.2) is 5.16 Å². The van der Waals surface area contributed by atoms with E-state index in [-0.39, 0.29) is 23.3 Å². The third-order valence-electron chi connectivity index (χ3n) is 5.06. The SMILES string of the molecule is CCC(CC)NC(=O)CSc1nc2cc(Cl)ccc2c(=O)n1-c1cc(C)ccc1OC. The largest absolute Gasteiger partial charge is 0.495 e. The number of rotatable bonds is 8. The summed E-state index contributed by atoms with van der Waals surface area (Å²) in [6, 6.07) is 10.7. The van der Waals surface area contributed by atoms with Crippen molar-refractivity contribution in [3.05, 3.63) is 57.3 Å². The number of thioether (sulfide) groups is 1. The molecule has 0 atom stereocenters. The van der Waals surface area contributed by atoms with Gasteiger partial charge in [-0.1, -0.05) is 43.3 Å². The Morgan fingerprint density at radius 2 is 1.97 bits per heavy atom. The highest BCUT2D eigenvalue weighted by atomic mass is 35.5. The number of amides is 1.